The van der Waals surface area contributed by atoms with E-state index in [1.165, 1.54) is 77.5 Å². The third-order valence-corrected chi connectivity index (χ3v) is 4.50. The van der Waals surface area contributed by atoms with E-state index in [9.17, 15) is 0 Å². The molecule has 2 aliphatic rings. The maximum absolute atomic E-state index is 3.72. The molecule has 0 aromatic carbocycles. The van der Waals surface area contributed by atoms with Gasteiger partial charge in [-0.1, -0.05) is 32.1 Å². The van der Waals surface area contributed by atoms with Crippen LogP contribution in [-0.4, -0.2) is 37.1 Å². The molecular weight excluding hydrogens is 208 g/mol. The maximum Gasteiger partial charge on any atom is 0.0166 e. The third-order valence-electron chi connectivity index (χ3n) is 4.50. The van der Waals surface area contributed by atoms with Crippen LogP contribution in [-0.2, 0) is 0 Å². The first-order chi connectivity index (χ1) is 8.34. The number of nitrogens with one attached hydrogen (secondary N) is 1. The minimum Gasteiger partial charge on any atom is -0.313 e. The Morgan fingerprint density at radius 3 is 2.47 bits per heavy atom. The van der Waals surface area contributed by atoms with Crippen molar-refractivity contribution in [3.8, 4) is 0 Å². The lowest BCUT2D eigenvalue weighted by molar-refractivity contribution is 0.286. The van der Waals surface area contributed by atoms with Gasteiger partial charge in [0.2, 0.25) is 0 Å². The van der Waals surface area contributed by atoms with Crippen LogP contribution in [0.15, 0.2) is 0 Å². The van der Waals surface area contributed by atoms with E-state index >= 15 is 0 Å². The number of likely N-dealkylation sites (tertiary alicyclic amines) is 1. The van der Waals surface area contributed by atoms with E-state index in [4.69, 9.17) is 0 Å². The number of rotatable bonds is 6. The van der Waals surface area contributed by atoms with Gasteiger partial charge < -0.3 is 10.2 Å². The predicted octanol–water partition coefficient (Wildman–Crippen LogP) is 3.03. The average molecular weight is 238 g/mol. The van der Waals surface area contributed by atoms with Crippen molar-refractivity contribution in [2.75, 3.05) is 26.2 Å². The molecule has 0 bridgehead atoms. The van der Waals surface area contributed by atoms with Gasteiger partial charge >= 0.3 is 0 Å². The topological polar surface area (TPSA) is 15.3 Å². The molecule has 1 saturated carbocycles. The fourth-order valence-corrected chi connectivity index (χ4v) is 3.43. The van der Waals surface area contributed by atoms with Crippen molar-refractivity contribution >= 4 is 0 Å². The van der Waals surface area contributed by atoms with Gasteiger partial charge in [0, 0.05) is 12.6 Å². The van der Waals surface area contributed by atoms with E-state index in [-0.39, 0.29) is 0 Å². The smallest absolute Gasteiger partial charge is 0.0166 e. The summed E-state index contributed by atoms with van der Waals surface area (Å²) in [5.74, 6) is 1.02. The van der Waals surface area contributed by atoms with Gasteiger partial charge in [-0.25, -0.2) is 0 Å². The monoisotopic (exact) mass is 238 g/mol. The molecule has 1 heterocycles. The lowest BCUT2D eigenvalue weighted by Crippen LogP contribution is -2.38. The standard InChI is InChI=1S/C15H30N2/c1-14(13-17-11-5-6-12-17)16-10-9-15-7-3-2-4-8-15/h14-16H,2-13H2,1H3. The number of nitrogens with zero attached hydrogens (tertiary/aromatic N) is 1. The largest absolute Gasteiger partial charge is 0.313 e. The highest BCUT2D eigenvalue weighted by Gasteiger charge is 2.15. The Labute approximate surface area is 107 Å². The molecule has 0 amide bonds. The summed E-state index contributed by atoms with van der Waals surface area (Å²) in [6, 6.07) is 0.677. The van der Waals surface area contributed by atoms with Crippen LogP contribution in [0, 0.1) is 5.92 Å². The SMILES string of the molecule is CC(CN1CCCC1)NCCC1CCCCC1. The van der Waals surface area contributed by atoms with Gasteiger partial charge in [0.1, 0.15) is 0 Å². The van der Waals surface area contributed by atoms with Crippen molar-refractivity contribution in [2.45, 2.75) is 64.3 Å². The fraction of sp³-hybridized carbons (Fsp3) is 1.00. The van der Waals surface area contributed by atoms with Gasteiger partial charge in [-0.05, 0) is 51.7 Å². The van der Waals surface area contributed by atoms with Crippen LogP contribution in [0.3, 0.4) is 0 Å². The summed E-state index contributed by atoms with van der Waals surface area (Å²) in [7, 11) is 0. The van der Waals surface area contributed by atoms with Crippen LogP contribution >= 0.6 is 0 Å². The number of hydrogen-bond donors (Lipinski definition) is 1. The minimum atomic E-state index is 0.677. The molecule has 100 valence electrons. The zero-order valence-electron chi connectivity index (χ0n) is 11.6. The van der Waals surface area contributed by atoms with Gasteiger partial charge in [-0.15, -0.1) is 0 Å². The Balaban J connectivity index is 1.51. The van der Waals surface area contributed by atoms with E-state index in [1.54, 1.807) is 0 Å². The number of hydrogen-bond acceptors (Lipinski definition) is 2. The van der Waals surface area contributed by atoms with Crippen LogP contribution in [0.25, 0.3) is 0 Å². The summed E-state index contributed by atoms with van der Waals surface area (Å²) in [5.41, 5.74) is 0. The van der Waals surface area contributed by atoms with Crippen molar-refractivity contribution < 1.29 is 0 Å². The fourth-order valence-electron chi connectivity index (χ4n) is 3.43. The van der Waals surface area contributed by atoms with Crippen LogP contribution in [0.1, 0.15) is 58.3 Å². The molecule has 1 unspecified atom stereocenters. The van der Waals surface area contributed by atoms with E-state index in [0.717, 1.165) is 5.92 Å². The van der Waals surface area contributed by atoms with Crippen LogP contribution in [0.4, 0.5) is 0 Å². The predicted molar refractivity (Wildman–Crippen MR) is 74.3 cm³/mol. The van der Waals surface area contributed by atoms with Gasteiger partial charge in [-0.3, -0.25) is 0 Å². The van der Waals surface area contributed by atoms with Crippen molar-refractivity contribution in [3.63, 3.8) is 0 Å². The van der Waals surface area contributed by atoms with Crippen molar-refractivity contribution in [1.29, 1.82) is 0 Å². The van der Waals surface area contributed by atoms with Gasteiger partial charge in [0.25, 0.3) is 0 Å². The molecule has 1 saturated heterocycles. The van der Waals surface area contributed by atoms with Gasteiger partial charge in [0.05, 0.1) is 0 Å². The Kier molecular flexibility index (Phi) is 5.79. The molecule has 0 spiro atoms. The minimum absolute atomic E-state index is 0.677. The summed E-state index contributed by atoms with van der Waals surface area (Å²) < 4.78 is 0. The van der Waals surface area contributed by atoms with Crippen molar-refractivity contribution in [1.82, 2.24) is 10.2 Å². The summed E-state index contributed by atoms with van der Waals surface area (Å²) in [6.07, 6.45) is 11.6. The molecule has 2 nitrogen and oxygen atoms in total. The average Bonchev–Trinajstić information content (AvgIpc) is 2.83. The molecule has 0 aromatic rings. The molecule has 1 aliphatic heterocycles. The first-order valence-corrected chi connectivity index (χ1v) is 7.80. The molecule has 2 fully saturated rings. The van der Waals surface area contributed by atoms with Gasteiger partial charge in [-0.2, -0.15) is 0 Å². The Morgan fingerprint density at radius 2 is 1.76 bits per heavy atom. The molecule has 0 aromatic heterocycles. The molecule has 0 radical (unpaired) electrons. The second-order valence-electron chi connectivity index (χ2n) is 6.16. The molecule has 2 rings (SSSR count). The molecular formula is C15H30N2. The van der Waals surface area contributed by atoms with E-state index < -0.39 is 0 Å². The van der Waals surface area contributed by atoms with Crippen LogP contribution in [0.5, 0.6) is 0 Å². The Hall–Kier alpha value is -0.0800. The molecule has 1 atom stereocenters. The molecule has 17 heavy (non-hydrogen) atoms. The molecule has 1 N–H and O–H groups in total. The third kappa shape index (κ3) is 4.97. The quantitative estimate of drug-likeness (QED) is 0.765. The molecule has 2 heteroatoms. The summed E-state index contributed by atoms with van der Waals surface area (Å²) >= 11 is 0. The zero-order valence-corrected chi connectivity index (χ0v) is 11.6. The first kappa shape index (κ1) is 13.4. The Morgan fingerprint density at radius 1 is 1.06 bits per heavy atom. The van der Waals surface area contributed by atoms with E-state index in [2.05, 4.69) is 17.1 Å². The molecule has 1 aliphatic carbocycles. The first-order valence-electron chi connectivity index (χ1n) is 7.80. The summed E-state index contributed by atoms with van der Waals surface area (Å²) in [4.78, 5) is 2.61. The van der Waals surface area contributed by atoms with Crippen molar-refractivity contribution in [2.24, 2.45) is 5.92 Å². The van der Waals surface area contributed by atoms with Crippen LogP contribution < -0.4 is 5.32 Å². The normalized spacial score (nSPS) is 25.2. The Bertz CT molecular complexity index is 193. The van der Waals surface area contributed by atoms with Crippen LogP contribution in [0.2, 0.25) is 0 Å². The highest BCUT2D eigenvalue weighted by atomic mass is 15.2. The van der Waals surface area contributed by atoms with Crippen molar-refractivity contribution in [3.05, 3.63) is 0 Å². The highest BCUT2D eigenvalue weighted by Crippen LogP contribution is 2.25. The highest BCUT2D eigenvalue weighted by molar-refractivity contribution is 4.73. The lowest BCUT2D eigenvalue weighted by Gasteiger charge is -2.24. The maximum atomic E-state index is 3.72. The second kappa shape index (κ2) is 7.38. The lowest BCUT2D eigenvalue weighted by atomic mass is 9.87. The van der Waals surface area contributed by atoms with E-state index in [0.29, 0.717) is 6.04 Å². The second-order valence-corrected chi connectivity index (χ2v) is 6.16. The summed E-state index contributed by atoms with van der Waals surface area (Å²) in [5, 5.41) is 3.72. The summed E-state index contributed by atoms with van der Waals surface area (Å²) in [6.45, 7) is 7.49. The zero-order chi connectivity index (χ0) is 11.9. The van der Waals surface area contributed by atoms with E-state index in [1.807, 2.05) is 0 Å². The van der Waals surface area contributed by atoms with Gasteiger partial charge in [0.15, 0.2) is 0 Å².